The van der Waals surface area contributed by atoms with Gasteiger partial charge in [0.15, 0.2) is 5.82 Å². The average Bonchev–Trinajstić information content (AvgIpc) is 3.55. The number of halogens is 1. The number of nitrogens with zero attached hydrogens (tertiary/aromatic N) is 5. The molecule has 1 spiro atoms. The van der Waals surface area contributed by atoms with Gasteiger partial charge in [0.05, 0.1) is 24.8 Å². The lowest BCUT2D eigenvalue weighted by atomic mass is 10.0. The summed E-state index contributed by atoms with van der Waals surface area (Å²) < 4.78 is 6.07. The molecular formula is C25H27BrN6O2. The van der Waals surface area contributed by atoms with E-state index >= 15 is 0 Å². The molecule has 0 radical (unpaired) electrons. The van der Waals surface area contributed by atoms with Crippen molar-refractivity contribution in [1.29, 1.82) is 0 Å². The molecule has 1 N–H and O–H groups in total. The molecule has 8 nitrogen and oxygen atoms in total. The van der Waals surface area contributed by atoms with Gasteiger partial charge in [-0.2, -0.15) is 0 Å². The van der Waals surface area contributed by atoms with Gasteiger partial charge in [-0.1, -0.05) is 0 Å². The molecular weight excluding hydrogens is 496 g/mol. The summed E-state index contributed by atoms with van der Waals surface area (Å²) in [6.45, 7) is 5.34. The summed E-state index contributed by atoms with van der Waals surface area (Å²) in [5, 5.41) is 3.62. The zero-order valence-corrected chi connectivity index (χ0v) is 21.0. The standard InChI is InChI=1S/C25H27BrN6O2/c1-15(18-11-22(34-3)29-12-19(18)26)24(33)32-13-20(25(14-32)7-8-25)31-21-6-5-17(16(2)30-21)23-27-9-4-10-28-23/h4-6,9-12,15,20H,7-8,13-14H2,1-3H3,(H,30,31)/t15-,20-/m1/s1. The highest BCUT2D eigenvalue weighted by molar-refractivity contribution is 9.10. The number of methoxy groups -OCH3 is 1. The number of carbonyl (C=O) groups is 1. The smallest absolute Gasteiger partial charge is 0.229 e. The van der Waals surface area contributed by atoms with Crippen molar-refractivity contribution in [2.24, 2.45) is 5.41 Å². The number of likely N-dealkylation sites (tertiary alicyclic amines) is 1. The predicted molar refractivity (Wildman–Crippen MR) is 133 cm³/mol. The van der Waals surface area contributed by atoms with Crippen LogP contribution in [0.3, 0.4) is 0 Å². The van der Waals surface area contributed by atoms with Gasteiger partial charge in [-0.05, 0) is 66.4 Å². The van der Waals surface area contributed by atoms with E-state index in [0.29, 0.717) is 18.2 Å². The zero-order valence-electron chi connectivity index (χ0n) is 19.5. The average molecular weight is 523 g/mol. The fraction of sp³-hybridized carbons (Fsp3) is 0.400. The molecule has 34 heavy (non-hydrogen) atoms. The summed E-state index contributed by atoms with van der Waals surface area (Å²) in [6, 6.07) is 7.78. The SMILES string of the molecule is COc1cc([C@@H](C)C(=O)N2C[C@@H](Nc3ccc(-c4ncccn4)c(C)n3)C3(CC3)C2)c(Br)cn1. The topological polar surface area (TPSA) is 93.1 Å². The molecule has 1 saturated heterocycles. The molecule has 176 valence electrons. The number of aryl methyl sites for hydroxylation is 1. The third kappa shape index (κ3) is 4.24. The fourth-order valence-corrected chi connectivity index (χ4v) is 5.34. The van der Waals surface area contributed by atoms with E-state index in [0.717, 1.165) is 46.5 Å². The van der Waals surface area contributed by atoms with Gasteiger partial charge < -0.3 is 15.0 Å². The van der Waals surface area contributed by atoms with Gasteiger partial charge in [0.25, 0.3) is 0 Å². The van der Waals surface area contributed by atoms with Crippen LogP contribution in [-0.2, 0) is 4.79 Å². The van der Waals surface area contributed by atoms with E-state index < -0.39 is 0 Å². The number of rotatable bonds is 6. The van der Waals surface area contributed by atoms with Crippen molar-refractivity contribution >= 4 is 27.7 Å². The first-order chi connectivity index (χ1) is 16.4. The van der Waals surface area contributed by atoms with Crippen LogP contribution in [0.2, 0.25) is 0 Å². The quantitative estimate of drug-likeness (QED) is 0.517. The number of anilines is 1. The minimum Gasteiger partial charge on any atom is -0.481 e. The number of aromatic nitrogens is 4. The molecule has 5 rings (SSSR count). The summed E-state index contributed by atoms with van der Waals surface area (Å²) in [4.78, 5) is 33.1. The Morgan fingerprint density at radius 2 is 2.03 bits per heavy atom. The Kier molecular flexibility index (Phi) is 5.97. The monoisotopic (exact) mass is 522 g/mol. The third-order valence-corrected chi connectivity index (χ3v) is 7.63. The summed E-state index contributed by atoms with van der Waals surface area (Å²) in [5.41, 5.74) is 2.80. The van der Waals surface area contributed by atoms with Crippen LogP contribution in [0.15, 0.2) is 47.3 Å². The van der Waals surface area contributed by atoms with Crippen LogP contribution in [0, 0.1) is 12.3 Å². The van der Waals surface area contributed by atoms with Crippen LogP contribution < -0.4 is 10.1 Å². The normalized spacial score (nSPS) is 19.2. The lowest BCUT2D eigenvalue weighted by molar-refractivity contribution is -0.131. The molecule has 2 atom stereocenters. The van der Waals surface area contributed by atoms with Gasteiger partial charge >= 0.3 is 0 Å². The van der Waals surface area contributed by atoms with Gasteiger partial charge in [0.2, 0.25) is 11.8 Å². The molecule has 3 aromatic rings. The van der Waals surface area contributed by atoms with E-state index in [9.17, 15) is 4.79 Å². The largest absolute Gasteiger partial charge is 0.481 e. The molecule has 0 bridgehead atoms. The molecule has 1 amide bonds. The predicted octanol–water partition coefficient (Wildman–Crippen LogP) is 4.22. The second-order valence-electron chi connectivity index (χ2n) is 9.15. The van der Waals surface area contributed by atoms with Crippen LogP contribution in [-0.4, -0.2) is 57.0 Å². The Hall–Kier alpha value is -3.07. The Balaban J connectivity index is 1.31. The van der Waals surface area contributed by atoms with Gasteiger partial charge in [0.1, 0.15) is 5.82 Å². The van der Waals surface area contributed by atoms with Crippen molar-refractivity contribution in [1.82, 2.24) is 24.8 Å². The zero-order chi connectivity index (χ0) is 23.9. The number of ether oxygens (including phenoxy) is 1. The molecule has 4 heterocycles. The minimum atomic E-state index is -0.300. The van der Waals surface area contributed by atoms with Crippen molar-refractivity contribution in [3.63, 3.8) is 0 Å². The molecule has 0 unspecified atom stereocenters. The lowest BCUT2D eigenvalue weighted by Gasteiger charge is -2.22. The summed E-state index contributed by atoms with van der Waals surface area (Å²) in [7, 11) is 1.58. The summed E-state index contributed by atoms with van der Waals surface area (Å²) in [5.74, 6) is 1.81. The van der Waals surface area contributed by atoms with Gasteiger partial charge in [-0.3, -0.25) is 4.79 Å². The number of carbonyl (C=O) groups excluding carboxylic acids is 1. The van der Waals surface area contributed by atoms with E-state index in [2.05, 4.69) is 36.2 Å². The number of hydrogen-bond donors (Lipinski definition) is 1. The highest BCUT2D eigenvalue weighted by Crippen LogP contribution is 2.54. The second-order valence-corrected chi connectivity index (χ2v) is 10.0. The van der Waals surface area contributed by atoms with E-state index in [4.69, 9.17) is 9.72 Å². The number of pyridine rings is 2. The van der Waals surface area contributed by atoms with E-state index in [1.807, 2.05) is 36.9 Å². The molecule has 3 aromatic heterocycles. The fourth-order valence-electron chi connectivity index (χ4n) is 4.78. The maximum Gasteiger partial charge on any atom is 0.229 e. The molecule has 0 aromatic carbocycles. The Labute approximate surface area is 207 Å². The molecule has 1 aliphatic carbocycles. The first-order valence-corrected chi connectivity index (χ1v) is 12.2. The highest BCUT2D eigenvalue weighted by atomic mass is 79.9. The van der Waals surface area contributed by atoms with Crippen molar-refractivity contribution < 1.29 is 9.53 Å². The van der Waals surface area contributed by atoms with Crippen LogP contribution in [0.1, 0.15) is 36.9 Å². The Morgan fingerprint density at radius 3 is 2.71 bits per heavy atom. The molecule has 9 heteroatoms. The van der Waals surface area contributed by atoms with Crippen molar-refractivity contribution in [3.05, 3.63) is 58.6 Å². The molecule has 1 aliphatic heterocycles. The van der Waals surface area contributed by atoms with Crippen LogP contribution in [0.4, 0.5) is 5.82 Å². The van der Waals surface area contributed by atoms with Crippen LogP contribution in [0.25, 0.3) is 11.4 Å². The molecule has 1 saturated carbocycles. The van der Waals surface area contributed by atoms with Gasteiger partial charge in [-0.25, -0.2) is 19.9 Å². The number of amides is 1. The molecule has 2 fully saturated rings. The second kappa shape index (κ2) is 8.94. The van der Waals surface area contributed by atoms with Gasteiger partial charge in [0, 0.05) is 53.2 Å². The minimum absolute atomic E-state index is 0.116. The summed E-state index contributed by atoms with van der Waals surface area (Å²) in [6.07, 6.45) is 7.38. The van der Waals surface area contributed by atoms with Crippen LogP contribution >= 0.6 is 15.9 Å². The van der Waals surface area contributed by atoms with E-state index in [-0.39, 0.29) is 23.3 Å². The Morgan fingerprint density at radius 1 is 1.26 bits per heavy atom. The first kappa shape index (κ1) is 22.7. The first-order valence-electron chi connectivity index (χ1n) is 11.4. The Bertz CT molecular complexity index is 1220. The summed E-state index contributed by atoms with van der Waals surface area (Å²) >= 11 is 3.54. The maximum absolute atomic E-state index is 13.5. The van der Waals surface area contributed by atoms with Crippen molar-refractivity contribution in [2.45, 2.75) is 38.6 Å². The molecule has 2 aliphatic rings. The van der Waals surface area contributed by atoms with Gasteiger partial charge in [-0.15, -0.1) is 0 Å². The van der Waals surface area contributed by atoms with Crippen molar-refractivity contribution in [2.75, 3.05) is 25.5 Å². The third-order valence-electron chi connectivity index (χ3n) is 6.97. The maximum atomic E-state index is 13.5. The number of nitrogens with one attached hydrogen (secondary N) is 1. The van der Waals surface area contributed by atoms with E-state index in [1.54, 1.807) is 31.8 Å². The van der Waals surface area contributed by atoms with Crippen molar-refractivity contribution in [3.8, 4) is 17.3 Å². The van der Waals surface area contributed by atoms with Crippen LogP contribution in [0.5, 0.6) is 5.88 Å². The van der Waals surface area contributed by atoms with E-state index in [1.165, 1.54) is 0 Å². The lowest BCUT2D eigenvalue weighted by Crippen LogP contribution is -2.34. The highest BCUT2D eigenvalue weighted by Gasteiger charge is 2.56. The number of hydrogen-bond acceptors (Lipinski definition) is 7.